The minimum absolute atomic E-state index is 0.107. The van der Waals surface area contributed by atoms with Crippen LogP contribution in [0.1, 0.15) is 12.8 Å². The number of urea groups is 1. The molecule has 1 atom stereocenters. The number of aliphatic carboxylic acids is 1. The van der Waals surface area contributed by atoms with E-state index in [1.807, 2.05) is 0 Å². The van der Waals surface area contributed by atoms with Crippen LogP contribution in [0.2, 0.25) is 0 Å². The van der Waals surface area contributed by atoms with E-state index in [0.717, 1.165) is 4.90 Å². The van der Waals surface area contributed by atoms with Crippen LogP contribution in [0, 0.1) is 0 Å². The molecule has 19 heavy (non-hydrogen) atoms. The number of carboxylic acid groups (broad SMARTS) is 1. The number of carbonyl (C=O) groups is 4. The van der Waals surface area contributed by atoms with Gasteiger partial charge in [-0.25, -0.2) is 9.59 Å². The average molecular weight is 274 g/mol. The third-order valence-electron chi connectivity index (χ3n) is 2.28. The molecule has 0 spiro atoms. The molecular weight excluding hydrogens is 256 g/mol. The van der Waals surface area contributed by atoms with E-state index in [-0.39, 0.29) is 25.3 Å². The second kappa shape index (κ2) is 7.90. The maximum atomic E-state index is 11.6. The van der Waals surface area contributed by atoms with Gasteiger partial charge in [0.2, 0.25) is 11.8 Å². The summed E-state index contributed by atoms with van der Waals surface area (Å²) in [5.74, 6) is -2.32. The molecule has 0 heterocycles. The Bertz CT molecular complexity index is 371. The van der Waals surface area contributed by atoms with Crippen LogP contribution in [0.4, 0.5) is 4.79 Å². The Hall–Kier alpha value is -2.32. The van der Waals surface area contributed by atoms with E-state index in [2.05, 4.69) is 10.6 Å². The fourth-order valence-electron chi connectivity index (χ4n) is 1.17. The minimum atomic E-state index is -1.28. The van der Waals surface area contributed by atoms with Gasteiger partial charge in [0, 0.05) is 20.5 Å². The van der Waals surface area contributed by atoms with Gasteiger partial charge in [0.1, 0.15) is 12.6 Å². The van der Waals surface area contributed by atoms with Crippen LogP contribution in [-0.4, -0.2) is 60.5 Å². The van der Waals surface area contributed by atoms with Crippen molar-refractivity contribution in [3.63, 3.8) is 0 Å². The average Bonchev–Trinajstić information content (AvgIpc) is 2.32. The predicted molar refractivity (Wildman–Crippen MR) is 65.1 cm³/mol. The molecular formula is C10H18N4O5. The maximum Gasteiger partial charge on any atom is 0.326 e. The summed E-state index contributed by atoms with van der Waals surface area (Å²) in [6.45, 7) is -0.204. The summed E-state index contributed by atoms with van der Waals surface area (Å²) in [5.41, 5.74) is 4.91. The first-order chi connectivity index (χ1) is 8.77. The summed E-state index contributed by atoms with van der Waals surface area (Å²) < 4.78 is 0. The van der Waals surface area contributed by atoms with Gasteiger partial charge in [0.25, 0.3) is 0 Å². The zero-order valence-corrected chi connectivity index (χ0v) is 10.8. The first-order valence-corrected chi connectivity index (χ1v) is 5.51. The monoisotopic (exact) mass is 274 g/mol. The van der Waals surface area contributed by atoms with E-state index >= 15 is 0 Å². The molecule has 0 aliphatic carbocycles. The fraction of sp³-hybridized carbons (Fsp3) is 0.600. The first kappa shape index (κ1) is 16.7. The van der Waals surface area contributed by atoms with Crippen LogP contribution >= 0.6 is 0 Å². The van der Waals surface area contributed by atoms with E-state index in [9.17, 15) is 19.2 Å². The molecule has 0 aliphatic rings. The predicted octanol–water partition coefficient (Wildman–Crippen LogP) is -1.91. The molecule has 0 aromatic carbocycles. The van der Waals surface area contributed by atoms with Crippen LogP contribution in [0.25, 0.3) is 0 Å². The van der Waals surface area contributed by atoms with Gasteiger partial charge in [-0.3, -0.25) is 9.59 Å². The topological polar surface area (TPSA) is 142 Å². The van der Waals surface area contributed by atoms with E-state index < -0.39 is 23.9 Å². The summed E-state index contributed by atoms with van der Waals surface area (Å²) in [6, 6.07) is -1.95. The summed E-state index contributed by atoms with van der Waals surface area (Å²) in [5, 5.41) is 13.4. The maximum absolute atomic E-state index is 11.6. The van der Waals surface area contributed by atoms with Gasteiger partial charge in [-0.2, -0.15) is 0 Å². The molecule has 0 rings (SSSR count). The van der Waals surface area contributed by atoms with Gasteiger partial charge in [-0.15, -0.1) is 0 Å². The molecule has 0 saturated carbocycles. The van der Waals surface area contributed by atoms with E-state index in [1.165, 1.54) is 14.1 Å². The molecule has 9 heteroatoms. The Labute approximate surface area is 110 Å². The second-order valence-electron chi connectivity index (χ2n) is 3.87. The molecule has 5 N–H and O–H groups in total. The number of nitrogens with zero attached hydrogens (tertiary/aromatic N) is 1. The zero-order valence-electron chi connectivity index (χ0n) is 10.8. The van der Waals surface area contributed by atoms with Crippen molar-refractivity contribution < 1.29 is 24.3 Å². The summed E-state index contributed by atoms with van der Waals surface area (Å²) in [4.78, 5) is 45.2. The largest absolute Gasteiger partial charge is 0.480 e. The number of nitrogens with one attached hydrogen (secondary N) is 2. The molecule has 0 fully saturated rings. The van der Waals surface area contributed by atoms with Crippen LogP contribution in [0.3, 0.4) is 0 Å². The summed E-state index contributed by atoms with van der Waals surface area (Å²) >= 11 is 0. The quantitative estimate of drug-likeness (QED) is 0.428. The summed E-state index contributed by atoms with van der Waals surface area (Å²) in [7, 11) is 2.76. The van der Waals surface area contributed by atoms with Crippen LogP contribution in [0.5, 0.6) is 0 Å². The van der Waals surface area contributed by atoms with Gasteiger partial charge in [-0.05, 0) is 6.42 Å². The number of hydrogen-bond donors (Lipinski definition) is 4. The van der Waals surface area contributed by atoms with Crippen molar-refractivity contribution in [2.45, 2.75) is 18.9 Å². The van der Waals surface area contributed by atoms with Gasteiger partial charge in [0.05, 0.1) is 0 Å². The number of rotatable bonds is 7. The van der Waals surface area contributed by atoms with Gasteiger partial charge in [0.15, 0.2) is 0 Å². The van der Waals surface area contributed by atoms with Gasteiger partial charge >= 0.3 is 12.0 Å². The van der Waals surface area contributed by atoms with Crippen molar-refractivity contribution in [2.75, 3.05) is 20.6 Å². The minimum Gasteiger partial charge on any atom is -0.480 e. The molecule has 0 aliphatic heterocycles. The number of nitrogens with two attached hydrogens (primary N) is 1. The number of likely N-dealkylation sites (N-methyl/N-ethyl adjacent to an activating group) is 2. The highest BCUT2D eigenvalue weighted by Crippen LogP contribution is 1.98. The van der Waals surface area contributed by atoms with E-state index in [0.29, 0.717) is 0 Å². The lowest BCUT2D eigenvalue weighted by Crippen LogP contribution is -2.49. The third kappa shape index (κ3) is 6.86. The molecule has 0 saturated heterocycles. The van der Waals surface area contributed by atoms with Crippen molar-refractivity contribution >= 4 is 23.8 Å². The van der Waals surface area contributed by atoms with Crippen molar-refractivity contribution in [3.8, 4) is 0 Å². The molecule has 9 nitrogen and oxygen atoms in total. The van der Waals surface area contributed by atoms with Gasteiger partial charge in [-0.1, -0.05) is 0 Å². The number of amides is 4. The van der Waals surface area contributed by atoms with E-state index in [4.69, 9.17) is 10.8 Å². The Kier molecular flexibility index (Phi) is 6.94. The second-order valence-corrected chi connectivity index (χ2v) is 3.87. The molecule has 0 radical (unpaired) electrons. The van der Waals surface area contributed by atoms with Crippen LogP contribution in [0.15, 0.2) is 0 Å². The highest BCUT2D eigenvalue weighted by Gasteiger charge is 2.22. The Balaban J connectivity index is 4.41. The smallest absolute Gasteiger partial charge is 0.326 e. The lowest BCUT2D eigenvalue weighted by Gasteiger charge is -2.20. The highest BCUT2D eigenvalue weighted by molar-refractivity contribution is 5.86. The van der Waals surface area contributed by atoms with Crippen LogP contribution < -0.4 is 16.4 Å². The molecule has 0 aromatic rings. The SMILES string of the molecule is CNC(=O)CN(C)C(=O)N[C@@H](CCC(N)=O)C(=O)O. The van der Waals surface area contributed by atoms with Gasteiger partial charge < -0.3 is 26.4 Å². The molecule has 0 unspecified atom stereocenters. The molecule has 108 valence electrons. The standard InChI is InChI=1S/C10H18N4O5/c1-12-8(16)5-14(2)10(19)13-6(9(17)18)3-4-7(11)15/h6H,3-5H2,1-2H3,(H2,11,15)(H,12,16)(H,13,19)(H,17,18)/t6-/m0/s1. The summed E-state index contributed by atoms with van der Waals surface area (Å²) in [6.07, 6.45) is -0.263. The number of carboxylic acids is 1. The zero-order chi connectivity index (χ0) is 15.0. The fourth-order valence-corrected chi connectivity index (χ4v) is 1.17. The third-order valence-corrected chi connectivity index (χ3v) is 2.28. The number of carbonyl (C=O) groups excluding carboxylic acids is 3. The highest BCUT2D eigenvalue weighted by atomic mass is 16.4. The Morgan fingerprint density at radius 3 is 2.32 bits per heavy atom. The molecule has 0 aromatic heterocycles. The van der Waals surface area contributed by atoms with Crippen molar-refractivity contribution in [2.24, 2.45) is 5.73 Å². The lowest BCUT2D eigenvalue weighted by molar-refractivity contribution is -0.139. The molecule has 4 amide bonds. The van der Waals surface area contributed by atoms with Crippen molar-refractivity contribution in [1.29, 1.82) is 0 Å². The van der Waals surface area contributed by atoms with Crippen LogP contribution in [-0.2, 0) is 14.4 Å². The number of hydrogen-bond acceptors (Lipinski definition) is 4. The first-order valence-electron chi connectivity index (χ1n) is 5.51. The Morgan fingerprint density at radius 1 is 1.32 bits per heavy atom. The van der Waals surface area contributed by atoms with E-state index in [1.54, 1.807) is 0 Å². The van der Waals surface area contributed by atoms with Crippen molar-refractivity contribution in [3.05, 3.63) is 0 Å². The Morgan fingerprint density at radius 2 is 1.89 bits per heavy atom. The lowest BCUT2D eigenvalue weighted by atomic mass is 10.1. The normalized spacial score (nSPS) is 11.3. The van der Waals surface area contributed by atoms with Crippen molar-refractivity contribution in [1.82, 2.24) is 15.5 Å². The number of primary amides is 1. The molecule has 0 bridgehead atoms.